The minimum atomic E-state index is -0.708. The average Bonchev–Trinajstić information content (AvgIpc) is 3.06. The molecule has 0 atom stereocenters. The Bertz CT molecular complexity index is 1170. The number of allylic oxidation sites excluding steroid dienone is 1. The van der Waals surface area contributed by atoms with E-state index < -0.39 is 11.6 Å². The van der Waals surface area contributed by atoms with Gasteiger partial charge in [-0.05, 0) is 48.5 Å². The Labute approximate surface area is 172 Å². The van der Waals surface area contributed by atoms with E-state index in [1.807, 2.05) is 11.0 Å². The molecule has 0 spiro atoms. The monoisotopic (exact) mass is 407 g/mol. The number of rotatable bonds is 4. The largest absolute Gasteiger partial charge is 0.481 e. The van der Waals surface area contributed by atoms with Crippen molar-refractivity contribution in [3.8, 4) is 5.88 Å². The van der Waals surface area contributed by atoms with Gasteiger partial charge in [0.05, 0.1) is 31.2 Å². The van der Waals surface area contributed by atoms with Gasteiger partial charge in [0.2, 0.25) is 5.88 Å². The van der Waals surface area contributed by atoms with Crippen molar-refractivity contribution in [1.82, 2.24) is 9.97 Å². The van der Waals surface area contributed by atoms with Gasteiger partial charge in [-0.1, -0.05) is 0 Å². The number of nitrogens with zero attached hydrogens (tertiary/aromatic N) is 3. The molecule has 0 unspecified atom stereocenters. The van der Waals surface area contributed by atoms with Crippen LogP contribution in [0.1, 0.15) is 24.8 Å². The van der Waals surface area contributed by atoms with Crippen LogP contribution in [0, 0.1) is 11.6 Å². The average molecular weight is 407 g/mol. The minimum Gasteiger partial charge on any atom is -0.481 e. The lowest BCUT2D eigenvalue weighted by Gasteiger charge is -2.28. The van der Waals surface area contributed by atoms with E-state index >= 15 is 0 Å². The summed E-state index contributed by atoms with van der Waals surface area (Å²) in [5.41, 5.74) is 3.26. The number of benzene rings is 1. The number of halogens is 2. The van der Waals surface area contributed by atoms with E-state index in [2.05, 4.69) is 15.3 Å². The molecule has 5 rings (SSSR count). The first-order chi connectivity index (χ1) is 14.6. The Morgan fingerprint density at radius 3 is 2.63 bits per heavy atom. The van der Waals surface area contributed by atoms with Gasteiger partial charge in [-0.15, -0.1) is 0 Å². The summed E-state index contributed by atoms with van der Waals surface area (Å²) in [4.78, 5) is 10.7. The Morgan fingerprint density at radius 1 is 1.23 bits per heavy atom. The minimum absolute atomic E-state index is 0.00660. The lowest BCUT2D eigenvalue weighted by Crippen LogP contribution is -2.26. The predicted molar refractivity (Wildman–Crippen MR) is 111 cm³/mol. The molecule has 3 heterocycles. The summed E-state index contributed by atoms with van der Waals surface area (Å²) in [5.74, 6) is -0.129. The number of aromatic nitrogens is 2. The first-order valence-corrected chi connectivity index (χ1v) is 9.64. The lowest BCUT2D eigenvalue weighted by molar-refractivity contribution is 0.399. The number of nitrogens with one attached hydrogen (secondary N) is 1. The van der Waals surface area contributed by atoms with Crippen LogP contribution in [-0.4, -0.2) is 29.6 Å². The van der Waals surface area contributed by atoms with Crippen LogP contribution in [0.3, 0.4) is 0 Å². The molecular weight excluding hydrogens is 389 g/mol. The van der Waals surface area contributed by atoms with Crippen LogP contribution in [0.2, 0.25) is 0 Å². The zero-order chi connectivity index (χ0) is 20.8. The fraction of sp³-hybridized carbons (Fsp3) is 0.238. The highest BCUT2D eigenvalue weighted by molar-refractivity contribution is 6.45. The quantitative estimate of drug-likeness (QED) is 0.649. The molecule has 2 aromatic heterocycles. The highest BCUT2D eigenvalue weighted by atomic mass is 19.1. The van der Waals surface area contributed by atoms with E-state index in [1.54, 1.807) is 12.3 Å². The van der Waals surface area contributed by atoms with Crippen molar-refractivity contribution in [3.63, 3.8) is 0 Å². The summed E-state index contributed by atoms with van der Waals surface area (Å²) in [6.45, 7) is -0.00660. The zero-order valence-electron chi connectivity index (χ0n) is 16.2. The van der Waals surface area contributed by atoms with Crippen LogP contribution in [0.5, 0.6) is 5.88 Å². The molecule has 6 nitrogen and oxygen atoms in total. The highest BCUT2D eigenvalue weighted by Gasteiger charge is 2.32. The third-order valence-electron chi connectivity index (χ3n) is 5.60. The maximum Gasteiger partial charge on any atom is 0.326 e. The molecule has 9 heteroatoms. The van der Waals surface area contributed by atoms with Gasteiger partial charge in [0.25, 0.3) is 0 Å². The molecule has 0 saturated heterocycles. The Kier molecular flexibility index (Phi) is 4.54. The molecule has 1 aliphatic heterocycles. The van der Waals surface area contributed by atoms with Crippen LogP contribution in [0.15, 0.2) is 41.9 Å². The molecule has 30 heavy (non-hydrogen) atoms. The number of methoxy groups -OCH3 is 1. The Balaban J connectivity index is 1.66. The first-order valence-electron chi connectivity index (χ1n) is 9.64. The summed E-state index contributed by atoms with van der Waals surface area (Å²) in [6, 6.07) is 5.84. The second-order valence-corrected chi connectivity index (χ2v) is 7.35. The van der Waals surface area contributed by atoms with Crippen LogP contribution in [0.4, 0.5) is 20.2 Å². The summed E-state index contributed by atoms with van der Waals surface area (Å²) < 4.78 is 34.6. The second kappa shape index (κ2) is 7.25. The molecule has 2 N–H and O–H groups in total. The molecule has 0 amide bonds. The van der Waals surface area contributed by atoms with Crippen molar-refractivity contribution in [3.05, 3.63) is 59.1 Å². The van der Waals surface area contributed by atoms with E-state index in [9.17, 15) is 8.78 Å². The van der Waals surface area contributed by atoms with Gasteiger partial charge < -0.3 is 20.0 Å². The topological polar surface area (TPSA) is 70.5 Å². The first kappa shape index (κ1) is 18.8. The molecule has 1 saturated carbocycles. The van der Waals surface area contributed by atoms with E-state index in [0.717, 1.165) is 54.0 Å². The zero-order valence-corrected chi connectivity index (χ0v) is 16.2. The molecular formula is C21H18BF2N4O2. The van der Waals surface area contributed by atoms with Crippen LogP contribution in [-0.2, 0) is 6.54 Å². The number of pyridine rings is 2. The number of fused-ring (bicyclic) bond motifs is 3. The van der Waals surface area contributed by atoms with Crippen molar-refractivity contribution in [1.29, 1.82) is 0 Å². The molecule has 1 aliphatic carbocycles. The normalized spacial score (nSPS) is 15.1. The molecule has 0 bridgehead atoms. The van der Waals surface area contributed by atoms with Crippen molar-refractivity contribution in [2.75, 3.05) is 17.3 Å². The maximum absolute atomic E-state index is 14.7. The summed E-state index contributed by atoms with van der Waals surface area (Å²) in [5, 5.41) is 13.2. The number of ether oxygens (including phenoxy) is 1. The molecule has 1 radical (unpaired) electrons. The Morgan fingerprint density at radius 2 is 2.00 bits per heavy atom. The molecule has 2 aliphatic rings. The third-order valence-corrected chi connectivity index (χ3v) is 5.60. The van der Waals surface area contributed by atoms with Gasteiger partial charge >= 0.3 is 7.48 Å². The van der Waals surface area contributed by atoms with Crippen molar-refractivity contribution in [2.24, 2.45) is 0 Å². The van der Waals surface area contributed by atoms with E-state index in [1.165, 1.54) is 12.7 Å². The van der Waals surface area contributed by atoms with Gasteiger partial charge in [0, 0.05) is 17.0 Å². The predicted octanol–water partition coefficient (Wildman–Crippen LogP) is 2.98. The number of hydrogen-bond donors (Lipinski definition) is 2. The fourth-order valence-corrected chi connectivity index (χ4v) is 3.88. The van der Waals surface area contributed by atoms with E-state index in [0.29, 0.717) is 19.0 Å². The standard InChI is InChI=1S/C21H18BF2N4O2/c1-30-18-6-5-13-19-17(9-25-20(13)27-18)26-21(11-3-2-4-11)28(19)10-14-15(23)7-12(22-29)8-16(14)24/h5-9,26,29H,2-4,10H2,1H3. The summed E-state index contributed by atoms with van der Waals surface area (Å²) in [7, 11) is 2.22. The summed E-state index contributed by atoms with van der Waals surface area (Å²) in [6.07, 6.45) is 4.65. The fourth-order valence-electron chi connectivity index (χ4n) is 3.88. The molecule has 151 valence electrons. The van der Waals surface area contributed by atoms with Crippen LogP contribution in [0.25, 0.3) is 11.0 Å². The number of anilines is 2. The van der Waals surface area contributed by atoms with Gasteiger partial charge in [-0.25, -0.2) is 13.8 Å². The van der Waals surface area contributed by atoms with Crippen molar-refractivity contribution < 1.29 is 18.5 Å². The second-order valence-electron chi connectivity index (χ2n) is 7.35. The lowest BCUT2D eigenvalue weighted by atomic mass is 9.87. The van der Waals surface area contributed by atoms with Gasteiger partial charge in [0.15, 0.2) is 5.65 Å². The third kappa shape index (κ3) is 2.97. The van der Waals surface area contributed by atoms with Crippen LogP contribution < -0.4 is 20.4 Å². The molecule has 1 fully saturated rings. The van der Waals surface area contributed by atoms with E-state index in [4.69, 9.17) is 9.76 Å². The molecule has 3 aromatic rings. The van der Waals surface area contributed by atoms with Gasteiger partial charge in [0.1, 0.15) is 17.5 Å². The molecule has 1 aromatic carbocycles. The summed E-state index contributed by atoms with van der Waals surface area (Å²) >= 11 is 0. The Hall–Kier alpha value is -3.20. The highest BCUT2D eigenvalue weighted by Crippen LogP contribution is 2.45. The van der Waals surface area contributed by atoms with Crippen LogP contribution >= 0.6 is 0 Å². The van der Waals surface area contributed by atoms with Gasteiger partial charge in [-0.3, -0.25) is 0 Å². The SMILES string of the molecule is COc1ccc2c3c(cnc2n1)NC(=C1CCC1)N3Cc1c(F)cc([B]O)cc1F. The number of hydrogen-bond acceptors (Lipinski definition) is 6. The van der Waals surface area contributed by atoms with Crippen molar-refractivity contribution in [2.45, 2.75) is 25.8 Å². The smallest absolute Gasteiger partial charge is 0.326 e. The maximum atomic E-state index is 14.7. The van der Waals surface area contributed by atoms with Crippen molar-refractivity contribution >= 4 is 35.4 Å². The van der Waals surface area contributed by atoms with E-state index in [-0.39, 0.29) is 17.6 Å². The van der Waals surface area contributed by atoms with Gasteiger partial charge in [-0.2, -0.15) is 4.98 Å².